The summed E-state index contributed by atoms with van der Waals surface area (Å²) in [6, 6.07) is 0.551. The summed E-state index contributed by atoms with van der Waals surface area (Å²) in [5, 5.41) is 3.36. The van der Waals surface area contributed by atoms with Gasteiger partial charge in [-0.3, -0.25) is 0 Å². The Hall–Kier alpha value is -0.170. The monoisotopic (exact) mass is 263 g/mol. The molecule has 0 spiro atoms. The van der Waals surface area contributed by atoms with Crippen molar-refractivity contribution < 1.29 is 8.42 Å². The van der Waals surface area contributed by atoms with Crippen molar-refractivity contribution in [3.8, 4) is 0 Å². The van der Waals surface area contributed by atoms with Gasteiger partial charge in [-0.2, -0.15) is 13.1 Å². The maximum Gasteiger partial charge on any atom is 0.277 e. The molecule has 0 aromatic carbocycles. The molecule has 0 aliphatic carbocycles. The van der Waals surface area contributed by atoms with Crippen molar-refractivity contribution in [1.82, 2.24) is 14.8 Å². The summed E-state index contributed by atoms with van der Waals surface area (Å²) < 4.78 is 28.6. The van der Waals surface area contributed by atoms with Gasteiger partial charge in [0.2, 0.25) is 0 Å². The SMILES string of the molecule is CC1CCC(CNS(=O)(=O)NC(C)(C)C)CN1. The fourth-order valence-corrected chi connectivity index (χ4v) is 3.23. The van der Waals surface area contributed by atoms with E-state index in [2.05, 4.69) is 21.7 Å². The third kappa shape index (κ3) is 6.35. The van der Waals surface area contributed by atoms with Crippen LogP contribution in [0.5, 0.6) is 0 Å². The van der Waals surface area contributed by atoms with E-state index in [1.54, 1.807) is 0 Å². The molecule has 0 bridgehead atoms. The number of nitrogens with one attached hydrogen (secondary N) is 3. The van der Waals surface area contributed by atoms with Gasteiger partial charge in [0.15, 0.2) is 0 Å². The van der Waals surface area contributed by atoms with Crippen molar-refractivity contribution in [3.05, 3.63) is 0 Å². The predicted octanol–water partition coefficient (Wildman–Crippen LogP) is 0.597. The Morgan fingerprint density at radius 2 is 1.94 bits per heavy atom. The van der Waals surface area contributed by atoms with Crippen LogP contribution in [0.25, 0.3) is 0 Å². The largest absolute Gasteiger partial charge is 0.314 e. The Morgan fingerprint density at radius 3 is 2.41 bits per heavy atom. The quantitative estimate of drug-likeness (QED) is 0.695. The lowest BCUT2D eigenvalue weighted by atomic mass is 9.96. The van der Waals surface area contributed by atoms with Crippen LogP contribution in [0.3, 0.4) is 0 Å². The van der Waals surface area contributed by atoms with Gasteiger partial charge in [0.25, 0.3) is 10.2 Å². The summed E-state index contributed by atoms with van der Waals surface area (Å²) in [5.41, 5.74) is -0.439. The number of rotatable bonds is 4. The molecule has 5 nitrogen and oxygen atoms in total. The maximum absolute atomic E-state index is 11.7. The first kappa shape index (κ1) is 14.9. The first-order valence-electron chi connectivity index (χ1n) is 6.20. The maximum atomic E-state index is 11.7. The molecule has 3 N–H and O–H groups in total. The van der Waals surface area contributed by atoms with Gasteiger partial charge in [0.1, 0.15) is 0 Å². The minimum Gasteiger partial charge on any atom is -0.314 e. The number of hydrogen-bond acceptors (Lipinski definition) is 3. The molecule has 1 aliphatic rings. The molecule has 2 unspecified atom stereocenters. The van der Waals surface area contributed by atoms with Gasteiger partial charge in [-0.1, -0.05) is 0 Å². The highest BCUT2D eigenvalue weighted by Gasteiger charge is 2.22. The summed E-state index contributed by atoms with van der Waals surface area (Å²) in [4.78, 5) is 0. The molecule has 0 aromatic heterocycles. The van der Waals surface area contributed by atoms with Crippen molar-refractivity contribution >= 4 is 10.2 Å². The van der Waals surface area contributed by atoms with Crippen LogP contribution < -0.4 is 14.8 Å². The predicted molar refractivity (Wildman–Crippen MR) is 70.0 cm³/mol. The van der Waals surface area contributed by atoms with Gasteiger partial charge in [0.05, 0.1) is 0 Å². The lowest BCUT2D eigenvalue weighted by molar-refractivity contribution is 0.322. The van der Waals surface area contributed by atoms with E-state index in [4.69, 9.17) is 0 Å². The van der Waals surface area contributed by atoms with E-state index in [0.29, 0.717) is 18.5 Å². The van der Waals surface area contributed by atoms with Crippen LogP contribution in [0.15, 0.2) is 0 Å². The molecular formula is C11H25N3O2S. The van der Waals surface area contributed by atoms with Crippen molar-refractivity contribution in [2.24, 2.45) is 5.92 Å². The second-order valence-corrected chi connectivity index (χ2v) is 7.46. The zero-order chi connectivity index (χ0) is 13.1. The molecule has 0 aromatic rings. The third-order valence-corrected chi connectivity index (χ3v) is 4.19. The Balaban J connectivity index is 2.35. The lowest BCUT2D eigenvalue weighted by Gasteiger charge is -2.28. The smallest absolute Gasteiger partial charge is 0.277 e. The molecular weight excluding hydrogens is 238 g/mol. The first-order chi connectivity index (χ1) is 7.68. The van der Waals surface area contributed by atoms with Crippen LogP contribution in [0, 0.1) is 5.92 Å². The van der Waals surface area contributed by atoms with E-state index < -0.39 is 15.7 Å². The zero-order valence-corrected chi connectivity index (χ0v) is 12.0. The minimum atomic E-state index is -3.38. The van der Waals surface area contributed by atoms with E-state index in [0.717, 1.165) is 19.4 Å². The average molecular weight is 263 g/mol. The van der Waals surface area contributed by atoms with E-state index in [1.165, 1.54) is 0 Å². The van der Waals surface area contributed by atoms with Crippen LogP contribution in [0.1, 0.15) is 40.5 Å². The highest BCUT2D eigenvalue weighted by Crippen LogP contribution is 2.13. The van der Waals surface area contributed by atoms with E-state index in [9.17, 15) is 8.42 Å². The minimum absolute atomic E-state index is 0.391. The Labute approximate surface area is 105 Å². The summed E-state index contributed by atoms with van der Waals surface area (Å²) in [6.45, 7) is 9.04. The fraction of sp³-hybridized carbons (Fsp3) is 1.00. The summed E-state index contributed by atoms with van der Waals surface area (Å²) in [7, 11) is -3.38. The van der Waals surface area contributed by atoms with Gasteiger partial charge in [-0.05, 0) is 53.0 Å². The average Bonchev–Trinajstić information content (AvgIpc) is 2.13. The molecule has 0 radical (unpaired) electrons. The molecule has 1 aliphatic heterocycles. The van der Waals surface area contributed by atoms with E-state index in [1.807, 2.05) is 20.8 Å². The van der Waals surface area contributed by atoms with Gasteiger partial charge >= 0.3 is 0 Å². The van der Waals surface area contributed by atoms with Gasteiger partial charge in [0, 0.05) is 18.1 Å². The Kier molecular flexibility index (Phi) is 4.95. The van der Waals surface area contributed by atoms with Crippen LogP contribution >= 0.6 is 0 Å². The third-order valence-electron chi connectivity index (χ3n) is 2.77. The molecule has 0 saturated carbocycles. The summed E-state index contributed by atoms with van der Waals surface area (Å²) >= 11 is 0. The molecule has 0 amide bonds. The molecule has 1 rings (SSSR count). The lowest BCUT2D eigenvalue weighted by Crippen LogP contribution is -2.49. The Morgan fingerprint density at radius 1 is 1.29 bits per heavy atom. The molecule has 2 atom stereocenters. The molecule has 17 heavy (non-hydrogen) atoms. The van der Waals surface area contributed by atoms with Gasteiger partial charge in [-0.15, -0.1) is 0 Å². The van der Waals surface area contributed by atoms with Crippen LogP contribution in [-0.4, -0.2) is 33.1 Å². The molecule has 1 saturated heterocycles. The summed E-state index contributed by atoms with van der Waals surface area (Å²) in [5.74, 6) is 0.391. The van der Waals surface area contributed by atoms with E-state index in [-0.39, 0.29) is 0 Å². The number of piperidine rings is 1. The summed E-state index contributed by atoms with van der Waals surface area (Å²) in [6.07, 6.45) is 2.19. The normalized spacial score (nSPS) is 27.1. The molecule has 1 heterocycles. The van der Waals surface area contributed by atoms with E-state index >= 15 is 0 Å². The van der Waals surface area contributed by atoms with Crippen LogP contribution in [0.4, 0.5) is 0 Å². The van der Waals surface area contributed by atoms with Gasteiger partial charge < -0.3 is 5.32 Å². The van der Waals surface area contributed by atoms with Crippen LogP contribution in [0.2, 0.25) is 0 Å². The van der Waals surface area contributed by atoms with Crippen molar-refractivity contribution in [1.29, 1.82) is 0 Å². The fourth-order valence-electron chi connectivity index (χ4n) is 1.90. The highest BCUT2D eigenvalue weighted by atomic mass is 32.2. The van der Waals surface area contributed by atoms with Crippen molar-refractivity contribution in [3.63, 3.8) is 0 Å². The van der Waals surface area contributed by atoms with Crippen molar-refractivity contribution in [2.75, 3.05) is 13.1 Å². The Bertz CT molecular complexity index is 327. The zero-order valence-electron chi connectivity index (χ0n) is 11.2. The molecule has 6 heteroatoms. The second kappa shape index (κ2) is 5.65. The first-order valence-corrected chi connectivity index (χ1v) is 7.68. The number of hydrogen-bond donors (Lipinski definition) is 3. The standard InChI is InChI=1S/C11H25N3O2S/c1-9-5-6-10(7-12-9)8-13-17(15,16)14-11(2,3)4/h9-10,12-14H,5-8H2,1-4H3. The highest BCUT2D eigenvalue weighted by molar-refractivity contribution is 7.87. The van der Waals surface area contributed by atoms with Crippen molar-refractivity contribution in [2.45, 2.75) is 52.1 Å². The molecule has 1 fully saturated rings. The second-order valence-electron chi connectivity index (χ2n) is 5.96. The van der Waals surface area contributed by atoms with Crippen LogP contribution in [-0.2, 0) is 10.2 Å². The topological polar surface area (TPSA) is 70.2 Å². The molecule has 102 valence electrons. The van der Waals surface area contributed by atoms with Gasteiger partial charge in [-0.25, -0.2) is 4.72 Å².